The highest BCUT2D eigenvalue weighted by Gasteiger charge is 2.18. The summed E-state index contributed by atoms with van der Waals surface area (Å²) in [5, 5.41) is 1.12. The zero-order chi connectivity index (χ0) is 14.1. The third-order valence-corrected chi connectivity index (χ3v) is 4.36. The number of rotatable bonds is 2. The standard InChI is InChI=1S/C15H15Cl2N3/c16-11-5-4-9(6-12(11)17)7-15-19-8-10-13(18)2-1-3-14(10)20-15/h4-6,8,13H,1-3,7,18H2. The van der Waals surface area contributed by atoms with Gasteiger partial charge in [0.05, 0.1) is 10.0 Å². The van der Waals surface area contributed by atoms with E-state index in [1.807, 2.05) is 18.3 Å². The van der Waals surface area contributed by atoms with Crippen LogP contribution in [-0.4, -0.2) is 9.97 Å². The van der Waals surface area contributed by atoms with Gasteiger partial charge in [0.1, 0.15) is 5.82 Å². The summed E-state index contributed by atoms with van der Waals surface area (Å²) < 4.78 is 0. The zero-order valence-electron chi connectivity index (χ0n) is 10.9. The van der Waals surface area contributed by atoms with Crippen molar-refractivity contribution in [3.05, 3.63) is 57.1 Å². The van der Waals surface area contributed by atoms with Gasteiger partial charge in [-0.25, -0.2) is 9.97 Å². The number of fused-ring (bicyclic) bond motifs is 1. The Balaban J connectivity index is 1.86. The second kappa shape index (κ2) is 5.68. The van der Waals surface area contributed by atoms with Crippen LogP contribution < -0.4 is 5.73 Å². The van der Waals surface area contributed by atoms with Gasteiger partial charge in [-0.15, -0.1) is 0 Å². The SMILES string of the molecule is NC1CCCc2nc(Cc3ccc(Cl)c(Cl)c3)ncc21. The summed E-state index contributed by atoms with van der Waals surface area (Å²) in [7, 11) is 0. The molecule has 104 valence electrons. The first-order valence-corrected chi connectivity index (χ1v) is 7.43. The van der Waals surface area contributed by atoms with E-state index in [2.05, 4.69) is 9.97 Å². The molecule has 1 aromatic carbocycles. The molecule has 20 heavy (non-hydrogen) atoms. The summed E-state index contributed by atoms with van der Waals surface area (Å²) >= 11 is 11.9. The fourth-order valence-electron chi connectivity index (χ4n) is 2.54. The predicted octanol–water partition coefficient (Wildman–Crippen LogP) is 3.71. The molecule has 0 radical (unpaired) electrons. The maximum atomic E-state index is 6.07. The molecule has 1 aliphatic carbocycles. The van der Waals surface area contributed by atoms with Crippen LogP contribution in [0.3, 0.4) is 0 Å². The lowest BCUT2D eigenvalue weighted by molar-refractivity contribution is 0.553. The van der Waals surface area contributed by atoms with Gasteiger partial charge in [-0.1, -0.05) is 29.3 Å². The van der Waals surface area contributed by atoms with Crippen molar-refractivity contribution >= 4 is 23.2 Å². The molecule has 2 N–H and O–H groups in total. The lowest BCUT2D eigenvalue weighted by atomic mass is 9.93. The highest BCUT2D eigenvalue weighted by molar-refractivity contribution is 6.42. The van der Waals surface area contributed by atoms with Crippen LogP contribution in [0.25, 0.3) is 0 Å². The minimum Gasteiger partial charge on any atom is -0.324 e. The van der Waals surface area contributed by atoms with Gasteiger partial charge in [-0.05, 0) is 37.0 Å². The van der Waals surface area contributed by atoms with E-state index < -0.39 is 0 Å². The van der Waals surface area contributed by atoms with Crippen LogP contribution in [-0.2, 0) is 12.8 Å². The molecule has 3 rings (SSSR count). The molecule has 0 fully saturated rings. The smallest absolute Gasteiger partial charge is 0.132 e. The first kappa shape index (κ1) is 13.8. The van der Waals surface area contributed by atoms with E-state index in [0.717, 1.165) is 41.9 Å². The predicted molar refractivity (Wildman–Crippen MR) is 81.2 cm³/mol. The molecule has 0 spiro atoms. The molecule has 1 aromatic heterocycles. The summed E-state index contributed by atoms with van der Waals surface area (Å²) in [6, 6.07) is 5.69. The molecule has 0 aliphatic heterocycles. The van der Waals surface area contributed by atoms with Crippen molar-refractivity contribution in [3.63, 3.8) is 0 Å². The van der Waals surface area contributed by atoms with Crippen LogP contribution in [0.1, 0.15) is 41.5 Å². The molecule has 0 bridgehead atoms. The molecule has 1 unspecified atom stereocenters. The highest BCUT2D eigenvalue weighted by Crippen LogP contribution is 2.27. The number of aryl methyl sites for hydroxylation is 1. The lowest BCUT2D eigenvalue weighted by Gasteiger charge is -2.21. The van der Waals surface area contributed by atoms with Gasteiger partial charge in [0.25, 0.3) is 0 Å². The normalized spacial score (nSPS) is 17.9. The number of halogens is 2. The van der Waals surface area contributed by atoms with Crippen LogP contribution in [0.4, 0.5) is 0 Å². The second-order valence-electron chi connectivity index (χ2n) is 5.11. The van der Waals surface area contributed by atoms with Gasteiger partial charge >= 0.3 is 0 Å². The Kier molecular flexibility index (Phi) is 3.92. The van der Waals surface area contributed by atoms with Gasteiger partial charge < -0.3 is 5.73 Å². The topological polar surface area (TPSA) is 51.8 Å². The molecule has 1 atom stereocenters. The number of benzene rings is 1. The molecular weight excluding hydrogens is 293 g/mol. The monoisotopic (exact) mass is 307 g/mol. The summed E-state index contributed by atoms with van der Waals surface area (Å²) in [6.45, 7) is 0. The van der Waals surface area contributed by atoms with Crippen molar-refractivity contribution in [2.24, 2.45) is 5.73 Å². The average molecular weight is 308 g/mol. The third-order valence-electron chi connectivity index (χ3n) is 3.62. The van der Waals surface area contributed by atoms with E-state index in [0.29, 0.717) is 16.5 Å². The minimum atomic E-state index is 0.0813. The van der Waals surface area contributed by atoms with Crippen molar-refractivity contribution in [2.75, 3.05) is 0 Å². The molecule has 1 aliphatic rings. The maximum Gasteiger partial charge on any atom is 0.132 e. The quantitative estimate of drug-likeness (QED) is 0.920. The Morgan fingerprint density at radius 3 is 2.90 bits per heavy atom. The molecule has 0 saturated carbocycles. The van der Waals surface area contributed by atoms with E-state index in [1.165, 1.54) is 0 Å². The Morgan fingerprint density at radius 2 is 2.10 bits per heavy atom. The molecule has 3 nitrogen and oxygen atoms in total. The van der Waals surface area contributed by atoms with Crippen molar-refractivity contribution in [1.29, 1.82) is 0 Å². The summed E-state index contributed by atoms with van der Waals surface area (Å²) in [5.74, 6) is 0.802. The molecular formula is C15H15Cl2N3. The largest absolute Gasteiger partial charge is 0.324 e. The van der Waals surface area contributed by atoms with E-state index in [4.69, 9.17) is 28.9 Å². The second-order valence-corrected chi connectivity index (χ2v) is 5.93. The number of aromatic nitrogens is 2. The Morgan fingerprint density at radius 1 is 1.25 bits per heavy atom. The third kappa shape index (κ3) is 2.80. The van der Waals surface area contributed by atoms with Crippen molar-refractivity contribution < 1.29 is 0 Å². The van der Waals surface area contributed by atoms with Gasteiger partial charge in [0, 0.05) is 29.9 Å². The van der Waals surface area contributed by atoms with Crippen molar-refractivity contribution in [2.45, 2.75) is 31.7 Å². The molecule has 0 amide bonds. The van der Waals surface area contributed by atoms with Gasteiger partial charge in [-0.2, -0.15) is 0 Å². The zero-order valence-corrected chi connectivity index (χ0v) is 12.5. The Hall–Kier alpha value is -1.16. The number of hydrogen-bond acceptors (Lipinski definition) is 3. The van der Waals surface area contributed by atoms with Crippen LogP contribution >= 0.6 is 23.2 Å². The van der Waals surface area contributed by atoms with Gasteiger partial charge in [-0.3, -0.25) is 0 Å². The molecule has 2 aromatic rings. The van der Waals surface area contributed by atoms with E-state index in [-0.39, 0.29) is 6.04 Å². The first-order chi connectivity index (χ1) is 9.63. The van der Waals surface area contributed by atoms with Crippen molar-refractivity contribution in [1.82, 2.24) is 9.97 Å². The summed E-state index contributed by atoms with van der Waals surface area (Å²) in [4.78, 5) is 9.07. The number of nitrogens with two attached hydrogens (primary N) is 1. The number of nitrogens with zero attached hydrogens (tertiary/aromatic N) is 2. The summed E-state index contributed by atoms with van der Waals surface area (Å²) in [5.41, 5.74) is 9.31. The average Bonchev–Trinajstić information content (AvgIpc) is 2.43. The van der Waals surface area contributed by atoms with Crippen LogP contribution in [0, 0.1) is 0 Å². The van der Waals surface area contributed by atoms with Gasteiger partial charge in [0.2, 0.25) is 0 Å². The highest BCUT2D eigenvalue weighted by atomic mass is 35.5. The van der Waals surface area contributed by atoms with E-state index in [1.54, 1.807) is 6.07 Å². The first-order valence-electron chi connectivity index (χ1n) is 6.67. The van der Waals surface area contributed by atoms with E-state index in [9.17, 15) is 0 Å². The van der Waals surface area contributed by atoms with Crippen LogP contribution in [0.2, 0.25) is 10.0 Å². The fraction of sp³-hybridized carbons (Fsp3) is 0.333. The molecule has 0 saturated heterocycles. The van der Waals surface area contributed by atoms with E-state index >= 15 is 0 Å². The Bertz CT molecular complexity index is 643. The molecule has 1 heterocycles. The maximum absolute atomic E-state index is 6.07. The minimum absolute atomic E-state index is 0.0813. The van der Waals surface area contributed by atoms with Crippen LogP contribution in [0.15, 0.2) is 24.4 Å². The fourth-order valence-corrected chi connectivity index (χ4v) is 2.86. The lowest BCUT2D eigenvalue weighted by Crippen LogP contribution is -2.19. The number of hydrogen-bond donors (Lipinski definition) is 1. The Labute approximate surface area is 128 Å². The van der Waals surface area contributed by atoms with Crippen molar-refractivity contribution in [3.8, 4) is 0 Å². The van der Waals surface area contributed by atoms with Gasteiger partial charge in [0.15, 0.2) is 0 Å². The van der Waals surface area contributed by atoms with Crippen LogP contribution in [0.5, 0.6) is 0 Å². The molecule has 5 heteroatoms. The summed E-state index contributed by atoms with van der Waals surface area (Å²) in [6.07, 6.45) is 5.62.